The van der Waals surface area contributed by atoms with Crippen LogP contribution in [-0.2, 0) is 9.59 Å². The summed E-state index contributed by atoms with van der Waals surface area (Å²) in [4.78, 5) is 24.2. The highest BCUT2D eigenvalue weighted by Crippen LogP contribution is 2.16. The molecule has 0 saturated carbocycles. The van der Waals surface area contributed by atoms with Gasteiger partial charge in [-0.2, -0.15) is 0 Å². The fraction of sp³-hybridized carbons (Fsp3) is 0.467. The van der Waals surface area contributed by atoms with Gasteiger partial charge in [-0.3, -0.25) is 14.5 Å². The molecule has 5 nitrogen and oxygen atoms in total. The average molecular weight is 278 g/mol. The van der Waals surface area contributed by atoms with E-state index < -0.39 is 5.97 Å². The molecule has 0 spiro atoms. The summed E-state index contributed by atoms with van der Waals surface area (Å²) in [5, 5.41) is 11.4. The molecule has 0 atom stereocenters. The van der Waals surface area contributed by atoms with Crippen molar-refractivity contribution in [3.63, 3.8) is 0 Å². The topological polar surface area (TPSA) is 69.6 Å². The molecule has 0 aliphatic rings. The highest BCUT2D eigenvalue weighted by Gasteiger charge is 2.09. The van der Waals surface area contributed by atoms with E-state index in [1.54, 1.807) is 0 Å². The van der Waals surface area contributed by atoms with Crippen molar-refractivity contribution in [3.8, 4) is 0 Å². The first-order valence-corrected chi connectivity index (χ1v) is 6.66. The Morgan fingerprint density at radius 2 is 2.00 bits per heavy atom. The summed E-state index contributed by atoms with van der Waals surface area (Å²) in [6, 6.07) is 5.92. The number of hydrogen-bond acceptors (Lipinski definition) is 3. The number of rotatable bonds is 7. The molecule has 0 saturated heterocycles. The van der Waals surface area contributed by atoms with E-state index >= 15 is 0 Å². The molecule has 1 amide bonds. The molecule has 20 heavy (non-hydrogen) atoms. The summed E-state index contributed by atoms with van der Waals surface area (Å²) in [7, 11) is 1.81. The van der Waals surface area contributed by atoms with Crippen LogP contribution < -0.4 is 5.32 Å². The highest BCUT2D eigenvalue weighted by atomic mass is 16.4. The number of likely N-dealkylation sites (N-methyl/N-ethyl adjacent to an activating group) is 1. The van der Waals surface area contributed by atoms with Crippen LogP contribution in [0.2, 0.25) is 0 Å². The molecular formula is C15H22N2O3. The zero-order valence-electron chi connectivity index (χ0n) is 12.3. The van der Waals surface area contributed by atoms with Gasteiger partial charge in [0.2, 0.25) is 5.91 Å². The second-order valence-corrected chi connectivity index (χ2v) is 5.10. The maximum absolute atomic E-state index is 11.9. The lowest BCUT2D eigenvalue weighted by Crippen LogP contribution is -2.31. The fourth-order valence-electron chi connectivity index (χ4n) is 1.88. The van der Waals surface area contributed by atoms with Gasteiger partial charge in [0.25, 0.3) is 0 Å². The molecular weight excluding hydrogens is 256 g/mol. The van der Waals surface area contributed by atoms with E-state index in [0.717, 1.165) is 16.8 Å². The van der Waals surface area contributed by atoms with Crippen LogP contribution in [0.3, 0.4) is 0 Å². The second kappa shape index (κ2) is 7.65. The van der Waals surface area contributed by atoms with E-state index in [4.69, 9.17) is 5.11 Å². The minimum absolute atomic E-state index is 0.0866. The van der Waals surface area contributed by atoms with E-state index in [-0.39, 0.29) is 18.9 Å². The number of hydrogen-bond donors (Lipinski definition) is 2. The number of carbonyl (C=O) groups excluding carboxylic acids is 1. The highest BCUT2D eigenvalue weighted by molar-refractivity contribution is 5.93. The molecule has 0 heterocycles. The van der Waals surface area contributed by atoms with Crippen LogP contribution in [0, 0.1) is 13.8 Å². The van der Waals surface area contributed by atoms with E-state index in [9.17, 15) is 9.59 Å². The van der Waals surface area contributed by atoms with Crippen molar-refractivity contribution in [3.05, 3.63) is 29.3 Å². The van der Waals surface area contributed by atoms with Gasteiger partial charge in [0, 0.05) is 12.1 Å². The lowest BCUT2D eigenvalue weighted by atomic mass is 10.1. The zero-order valence-corrected chi connectivity index (χ0v) is 12.3. The number of carbonyl (C=O) groups is 2. The molecule has 1 aromatic carbocycles. The summed E-state index contributed by atoms with van der Waals surface area (Å²) in [6.07, 6.45) is 0.672. The molecule has 0 aliphatic carbocycles. The Kier molecular flexibility index (Phi) is 6.18. The summed E-state index contributed by atoms with van der Waals surface area (Å²) >= 11 is 0. The molecule has 0 radical (unpaired) electrons. The van der Waals surface area contributed by atoms with Gasteiger partial charge >= 0.3 is 5.97 Å². The number of carboxylic acids is 1. The second-order valence-electron chi connectivity index (χ2n) is 5.10. The first-order valence-electron chi connectivity index (χ1n) is 6.66. The maximum Gasteiger partial charge on any atom is 0.303 e. The number of aryl methyl sites for hydroxylation is 2. The van der Waals surface area contributed by atoms with E-state index in [1.165, 1.54) is 0 Å². The predicted octanol–water partition coefficient (Wildman–Crippen LogP) is 2.04. The number of amides is 1. The Labute approximate surface area is 119 Å². The Morgan fingerprint density at radius 3 is 2.65 bits per heavy atom. The number of carboxylic acid groups (broad SMARTS) is 1. The minimum atomic E-state index is -0.807. The zero-order chi connectivity index (χ0) is 15.1. The molecule has 0 aliphatic heterocycles. The van der Waals surface area contributed by atoms with Crippen molar-refractivity contribution in [2.24, 2.45) is 0 Å². The SMILES string of the molecule is Cc1ccc(C)c(NC(=O)CN(C)CCCC(=O)O)c1. The number of aliphatic carboxylic acids is 1. The quantitative estimate of drug-likeness (QED) is 0.800. The van der Waals surface area contributed by atoms with Gasteiger partial charge in [-0.25, -0.2) is 0 Å². The molecule has 0 fully saturated rings. The van der Waals surface area contributed by atoms with E-state index in [2.05, 4.69) is 5.32 Å². The van der Waals surface area contributed by atoms with Crippen LogP contribution in [0.25, 0.3) is 0 Å². The Balaban J connectivity index is 2.43. The third-order valence-corrected chi connectivity index (χ3v) is 3.01. The van der Waals surface area contributed by atoms with Crippen LogP contribution in [0.5, 0.6) is 0 Å². The monoisotopic (exact) mass is 278 g/mol. The van der Waals surface area contributed by atoms with Crippen molar-refractivity contribution >= 4 is 17.6 Å². The van der Waals surface area contributed by atoms with Crippen molar-refractivity contribution in [2.75, 3.05) is 25.5 Å². The van der Waals surface area contributed by atoms with Crippen LogP contribution in [-0.4, -0.2) is 42.0 Å². The van der Waals surface area contributed by atoms with Crippen molar-refractivity contribution in [2.45, 2.75) is 26.7 Å². The lowest BCUT2D eigenvalue weighted by Gasteiger charge is -2.16. The van der Waals surface area contributed by atoms with Gasteiger partial charge in [0.05, 0.1) is 6.54 Å². The van der Waals surface area contributed by atoms with Crippen molar-refractivity contribution < 1.29 is 14.7 Å². The summed E-state index contributed by atoms with van der Waals surface area (Å²) in [5.41, 5.74) is 2.95. The molecule has 1 aromatic rings. The van der Waals surface area contributed by atoms with Crippen LogP contribution in [0.15, 0.2) is 18.2 Å². The average Bonchev–Trinajstić information content (AvgIpc) is 2.33. The van der Waals surface area contributed by atoms with Crippen molar-refractivity contribution in [1.82, 2.24) is 4.90 Å². The van der Waals surface area contributed by atoms with E-state index in [1.807, 2.05) is 44.0 Å². The lowest BCUT2D eigenvalue weighted by molar-refractivity contribution is -0.137. The van der Waals surface area contributed by atoms with Gasteiger partial charge < -0.3 is 10.4 Å². The Bertz CT molecular complexity index is 486. The van der Waals surface area contributed by atoms with Gasteiger partial charge in [-0.1, -0.05) is 12.1 Å². The maximum atomic E-state index is 11.9. The standard InChI is InChI=1S/C15H22N2O3/c1-11-6-7-12(2)13(9-11)16-14(18)10-17(3)8-4-5-15(19)20/h6-7,9H,4-5,8,10H2,1-3H3,(H,16,18)(H,19,20). The normalized spacial score (nSPS) is 10.6. The minimum Gasteiger partial charge on any atom is -0.481 e. The van der Waals surface area contributed by atoms with Crippen LogP contribution >= 0.6 is 0 Å². The third kappa shape index (κ3) is 5.84. The number of anilines is 1. The Morgan fingerprint density at radius 1 is 1.30 bits per heavy atom. The molecule has 0 unspecified atom stereocenters. The summed E-state index contributed by atoms with van der Waals surface area (Å²) < 4.78 is 0. The predicted molar refractivity (Wildman–Crippen MR) is 78.9 cm³/mol. The van der Waals surface area contributed by atoms with E-state index in [0.29, 0.717) is 13.0 Å². The summed E-state index contributed by atoms with van der Waals surface area (Å²) in [6.45, 7) is 4.78. The molecule has 5 heteroatoms. The molecule has 1 rings (SSSR count). The molecule has 0 aromatic heterocycles. The Hall–Kier alpha value is -1.88. The van der Waals surface area contributed by atoms with Crippen molar-refractivity contribution in [1.29, 1.82) is 0 Å². The fourth-order valence-corrected chi connectivity index (χ4v) is 1.88. The van der Waals surface area contributed by atoms with Crippen LogP contribution in [0.4, 0.5) is 5.69 Å². The largest absolute Gasteiger partial charge is 0.481 e. The van der Waals surface area contributed by atoms with Gasteiger partial charge in [-0.15, -0.1) is 0 Å². The molecule has 2 N–H and O–H groups in total. The van der Waals surface area contributed by atoms with Crippen LogP contribution in [0.1, 0.15) is 24.0 Å². The van der Waals surface area contributed by atoms with Gasteiger partial charge in [0.15, 0.2) is 0 Å². The first-order chi connectivity index (χ1) is 9.38. The summed E-state index contributed by atoms with van der Waals surface area (Å²) in [5.74, 6) is -0.894. The number of nitrogens with one attached hydrogen (secondary N) is 1. The smallest absolute Gasteiger partial charge is 0.303 e. The van der Waals surface area contributed by atoms with Gasteiger partial charge in [-0.05, 0) is 51.1 Å². The number of nitrogens with zero attached hydrogens (tertiary/aromatic N) is 1. The first kappa shape index (κ1) is 16.2. The number of benzene rings is 1. The van der Waals surface area contributed by atoms with Gasteiger partial charge in [0.1, 0.15) is 0 Å². The third-order valence-electron chi connectivity index (χ3n) is 3.01. The molecule has 0 bridgehead atoms. The molecule has 110 valence electrons.